The standard InChI is InChI=1S/C14H15ClN4O3S/c1-21-10-6-11(22-2)9(5-8(10)15)16-13(20)17-14-19-18-12(23-14)7-3-4-7/h5-7H,3-4H2,1-2H3,(H2,16,17,19,20). The van der Waals surface area contributed by atoms with Gasteiger partial charge in [-0.15, -0.1) is 10.2 Å². The van der Waals surface area contributed by atoms with Crippen molar-refractivity contribution >= 4 is 39.8 Å². The SMILES string of the molecule is COc1cc(OC)c(NC(=O)Nc2nnc(C3CC3)s2)cc1Cl. The number of urea groups is 1. The first-order valence-electron chi connectivity index (χ1n) is 6.93. The molecule has 9 heteroatoms. The normalized spacial score (nSPS) is 13.5. The van der Waals surface area contributed by atoms with E-state index in [4.69, 9.17) is 21.1 Å². The van der Waals surface area contributed by atoms with Gasteiger partial charge in [-0.2, -0.15) is 0 Å². The summed E-state index contributed by atoms with van der Waals surface area (Å²) in [5, 5.41) is 15.2. The van der Waals surface area contributed by atoms with Crippen LogP contribution in [0.15, 0.2) is 12.1 Å². The van der Waals surface area contributed by atoms with Crippen LogP contribution in [0.25, 0.3) is 0 Å². The number of carbonyl (C=O) groups is 1. The van der Waals surface area contributed by atoms with Crippen molar-refractivity contribution in [1.82, 2.24) is 10.2 Å². The van der Waals surface area contributed by atoms with E-state index in [-0.39, 0.29) is 0 Å². The van der Waals surface area contributed by atoms with E-state index in [1.165, 1.54) is 25.6 Å². The Balaban J connectivity index is 1.70. The molecule has 1 fully saturated rings. The number of anilines is 2. The van der Waals surface area contributed by atoms with E-state index in [1.807, 2.05) is 0 Å². The maximum atomic E-state index is 12.1. The van der Waals surface area contributed by atoms with Gasteiger partial charge in [0.2, 0.25) is 5.13 Å². The number of hydrogen-bond donors (Lipinski definition) is 2. The summed E-state index contributed by atoms with van der Waals surface area (Å²) in [7, 11) is 3.01. The maximum Gasteiger partial charge on any atom is 0.325 e. The molecule has 1 heterocycles. The third kappa shape index (κ3) is 3.65. The minimum atomic E-state index is -0.442. The van der Waals surface area contributed by atoms with Gasteiger partial charge >= 0.3 is 6.03 Å². The van der Waals surface area contributed by atoms with Crippen molar-refractivity contribution in [2.24, 2.45) is 0 Å². The number of nitrogens with zero attached hydrogens (tertiary/aromatic N) is 2. The molecule has 122 valence electrons. The van der Waals surface area contributed by atoms with E-state index >= 15 is 0 Å². The second-order valence-electron chi connectivity index (χ2n) is 4.99. The lowest BCUT2D eigenvalue weighted by molar-refractivity contribution is 0.262. The fourth-order valence-corrected chi connectivity index (χ4v) is 3.14. The second kappa shape index (κ2) is 6.59. The van der Waals surface area contributed by atoms with E-state index in [0.717, 1.165) is 17.8 Å². The van der Waals surface area contributed by atoms with Crippen LogP contribution < -0.4 is 20.1 Å². The van der Waals surface area contributed by atoms with Crippen LogP contribution in [0.1, 0.15) is 23.8 Å². The lowest BCUT2D eigenvalue weighted by Gasteiger charge is -2.12. The number of halogens is 1. The number of rotatable bonds is 5. The maximum absolute atomic E-state index is 12.1. The predicted molar refractivity (Wildman–Crippen MR) is 89.1 cm³/mol. The molecule has 2 aromatic rings. The Kier molecular flexibility index (Phi) is 4.53. The summed E-state index contributed by atoms with van der Waals surface area (Å²) >= 11 is 7.46. The third-order valence-corrected chi connectivity index (χ3v) is 4.61. The van der Waals surface area contributed by atoms with Gasteiger partial charge in [-0.05, 0) is 18.9 Å². The van der Waals surface area contributed by atoms with Crippen molar-refractivity contribution in [3.63, 3.8) is 0 Å². The third-order valence-electron chi connectivity index (χ3n) is 3.31. The molecule has 2 N–H and O–H groups in total. The van der Waals surface area contributed by atoms with Crippen LogP contribution in [-0.2, 0) is 0 Å². The Bertz CT molecular complexity index is 733. The van der Waals surface area contributed by atoms with Gasteiger partial charge in [-0.25, -0.2) is 4.79 Å². The largest absolute Gasteiger partial charge is 0.495 e. The van der Waals surface area contributed by atoms with Crippen molar-refractivity contribution < 1.29 is 14.3 Å². The average molecular weight is 355 g/mol. The zero-order valence-electron chi connectivity index (χ0n) is 12.6. The Morgan fingerprint density at radius 1 is 1.22 bits per heavy atom. The highest BCUT2D eigenvalue weighted by atomic mass is 35.5. The van der Waals surface area contributed by atoms with Crippen molar-refractivity contribution in [3.8, 4) is 11.5 Å². The Hall–Kier alpha value is -2.06. The van der Waals surface area contributed by atoms with Crippen LogP contribution >= 0.6 is 22.9 Å². The average Bonchev–Trinajstić information content (AvgIpc) is 3.28. The topological polar surface area (TPSA) is 85.4 Å². The smallest absolute Gasteiger partial charge is 0.325 e. The zero-order chi connectivity index (χ0) is 16.4. The first kappa shape index (κ1) is 15.8. The summed E-state index contributed by atoms with van der Waals surface area (Å²) < 4.78 is 10.3. The summed E-state index contributed by atoms with van der Waals surface area (Å²) in [4.78, 5) is 12.1. The molecule has 0 atom stereocenters. The molecular formula is C14H15ClN4O3S. The monoisotopic (exact) mass is 354 g/mol. The molecule has 7 nitrogen and oxygen atoms in total. The molecule has 0 saturated heterocycles. The number of aromatic nitrogens is 2. The Morgan fingerprint density at radius 2 is 1.96 bits per heavy atom. The Morgan fingerprint density at radius 3 is 2.61 bits per heavy atom. The van der Waals surface area contributed by atoms with E-state index in [1.54, 1.807) is 12.1 Å². The minimum Gasteiger partial charge on any atom is -0.495 e. The van der Waals surface area contributed by atoms with Crippen LogP contribution in [0.3, 0.4) is 0 Å². The number of carbonyl (C=O) groups excluding carboxylic acids is 1. The molecule has 1 aromatic heterocycles. The molecule has 1 saturated carbocycles. The van der Waals surface area contributed by atoms with Gasteiger partial charge in [0.1, 0.15) is 16.5 Å². The van der Waals surface area contributed by atoms with E-state index in [0.29, 0.717) is 33.3 Å². The first-order valence-corrected chi connectivity index (χ1v) is 8.13. The van der Waals surface area contributed by atoms with E-state index in [9.17, 15) is 4.79 Å². The Labute approximate surface area is 142 Å². The number of amides is 2. The first-order chi connectivity index (χ1) is 11.1. The summed E-state index contributed by atoms with van der Waals surface area (Å²) in [5.74, 6) is 1.41. The summed E-state index contributed by atoms with van der Waals surface area (Å²) in [6, 6.07) is 2.73. The second-order valence-corrected chi connectivity index (χ2v) is 6.40. The molecule has 1 aliphatic carbocycles. The molecule has 0 bridgehead atoms. The van der Waals surface area contributed by atoms with E-state index in [2.05, 4.69) is 20.8 Å². The highest BCUT2D eigenvalue weighted by molar-refractivity contribution is 7.15. The molecule has 1 aliphatic rings. The van der Waals surface area contributed by atoms with Crippen molar-refractivity contribution in [2.45, 2.75) is 18.8 Å². The molecule has 23 heavy (non-hydrogen) atoms. The van der Waals surface area contributed by atoms with Crippen LogP contribution in [0, 0.1) is 0 Å². The lowest BCUT2D eigenvalue weighted by atomic mass is 10.2. The molecule has 3 rings (SSSR count). The van der Waals surface area contributed by atoms with Crippen LogP contribution in [-0.4, -0.2) is 30.4 Å². The number of hydrogen-bond acceptors (Lipinski definition) is 6. The number of ether oxygens (including phenoxy) is 2. The summed E-state index contributed by atoms with van der Waals surface area (Å²) in [6.45, 7) is 0. The molecule has 0 unspecified atom stereocenters. The zero-order valence-corrected chi connectivity index (χ0v) is 14.1. The van der Waals surface area contributed by atoms with Crippen LogP contribution in [0.2, 0.25) is 5.02 Å². The van der Waals surface area contributed by atoms with Crippen molar-refractivity contribution in [3.05, 3.63) is 22.2 Å². The van der Waals surface area contributed by atoms with Crippen LogP contribution in [0.4, 0.5) is 15.6 Å². The van der Waals surface area contributed by atoms with Gasteiger partial charge in [-0.3, -0.25) is 5.32 Å². The van der Waals surface area contributed by atoms with Gasteiger partial charge in [0.15, 0.2) is 0 Å². The molecule has 0 spiro atoms. The number of methoxy groups -OCH3 is 2. The highest BCUT2D eigenvalue weighted by Crippen LogP contribution is 2.42. The molecule has 2 amide bonds. The van der Waals surface area contributed by atoms with Crippen molar-refractivity contribution in [1.29, 1.82) is 0 Å². The quantitative estimate of drug-likeness (QED) is 0.854. The van der Waals surface area contributed by atoms with Gasteiger partial charge in [0, 0.05) is 12.0 Å². The molecular weight excluding hydrogens is 340 g/mol. The van der Waals surface area contributed by atoms with E-state index < -0.39 is 6.03 Å². The number of benzene rings is 1. The minimum absolute atomic E-state index is 0.371. The highest BCUT2D eigenvalue weighted by Gasteiger charge is 2.27. The van der Waals surface area contributed by atoms with Crippen LogP contribution in [0.5, 0.6) is 11.5 Å². The summed E-state index contributed by atoms with van der Waals surface area (Å²) in [5.41, 5.74) is 0.433. The molecule has 0 aliphatic heterocycles. The van der Waals surface area contributed by atoms with Gasteiger partial charge in [0.25, 0.3) is 0 Å². The van der Waals surface area contributed by atoms with Gasteiger partial charge in [0.05, 0.1) is 24.9 Å². The fraction of sp³-hybridized carbons (Fsp3) is 0.357. The van der Waals surface area contributed by atoms with Gasteiger partial charge in [-0.1, -0.05) is 22.9 Å². The number of nitrogens with one attached hydrogen (secondary N) is 2. The fourth-order valence-electron chi connectivity index (χ4n) is 1.99. The van der Waals surface area contributed by atoms with Crippen molar-refractivity contribution in [2.75, 3.05) is 24.9 Å². The lowest BCUT2D eigenvalue weighted by Crippen LogP contribution is -2.19. The predicted octanol–water partition coefficient (Wildman–Crippen LogP) is 3.73. The van der Waals surface area contributed by atoms with Gasteiger partial charge < -0.3 is 14.8 Å². The summed E-state index contributed by atoms with van der Waals surface area (Å²) in [6.07, 6.45) is 2.28. The molecule has 1 aromatic carbocycles. The molecule has 0 radical (unpaired) electrons.